The monoisotopic (exact) mass is 436 g/mol. The van der Waals surface area contributed by atoms with Gasteiger partial charge in [-0.15, -0.1) is 0 Å². The highest BCUT2D eigenvalue weighted by molar-refractivity contribution is 6.06. The zero-order valence-corrected chi connectivity index (χ0v) is 17.7. The molecule has 2 aromatic heterocycles. The number of carbonyl (C=O) groups is 1. The van der Waals surface area contributed by atoms with Gasteiger partial charge in [-0.1, -0.05) is 24.3 Å². The number of imidazole rings is 1. The van der Waals surface area contributed by atoms with E-state index in [1.165, 1.54) is 0 Å². The average molecular weight is 436 g/mol. The van der Waals surface area contributed by atoms with E-state index in [2.05, 4.69) is 20.3 Å². The van der Waals surface area contributed by atoms with Crippen LogP contribution in [0.15, 0.2) is 85.1 Å². The molecule has 0 saturated heterocycles. The Morgan fingerprint density at radius 2 is 1.82 bits per heavy atom. The summed E-state index contributed by atoms with van der Waals surface area (Å²) in [5, 5.41) is 13.4. The largest absolute Gasteiger partial charge is 0.507 e. The van der Waals surface area contributed by atoms with Crippen molar-refractivity contribution in [1.29, 1.82) is 0 Å². The van der Waals surface area contributed by atoms with Gasteiger partial charge < -0.3 is 20.1 Å². The maximum atomic E-state index is 12.6. The van der Waals surface area contributed by atoms with Crippen LogP contribution in [0.3, 0.4) is 0 Å². The quantitative estimate of drug-likeness (QED) is 0.349. The Labute approximate surface area is 189 Å². The molecule has 3 N–H and O–H groups in total. The van der Waals surface area contributed by atoms with E-state index in [0.717, 1.165) is 16.8 Å². The van der Waals surface area contributed by atoms with E-state index in [4.69, 9.17) is 4.74 Å². The second kappa shape index (κ2) is 8.47. The number of fused-ring (bicyclic) bond motifs is 1. The molecule has 1 amide bonds. The number of methoxy groups -OCH3 is 1. The summed E-state index contributed by atoms with van der Waals surface area (Å²) in [7, 11) is 1.57. The summed E-state index contributed by atoms with van der Waals surface area (Å²) >= 11 is 0. The summed E-state index contributed by atoms with van der Waals surface area (Å²) in [5.41, 5.74) is 4.76. The van der Waals surface area contributed by atoms with Gasteiger partial charge in [0.05, 0.1) is 23.7 Å². The van der Waals surface area contributed by atoms with Crippen LogP contribution in [0, 0.1) is 0 Å². The number of pyridine rings is 1. The van der Waals surface area contributed by atoms with Crippen LogP contribution in [-0.4, -0.2) is 33.1 Å². The van der Waals surface area contributed by atoms with Gasteiger partial charge in [0.15, 0.2) is 0 Å². The Morgan fingerprint density at radius 3 is 2.64 bits per heavy atom. The van der Waals surface area contributed by atoms with Gasteiger partial charge in [-0.25, -0.2) is 9.97 Å². The van der Waals surface area contributed by atoms with E-state index in [0.29, 0.717) is 33.9 Å². The molecule has 162 valence electrons. The number of aromatic nitrogens is 3. The van der Waals surface area contributed by atoms with Crippen LogP contribution in [0.4, 0.5) is 5.69 Å². The number of carbonyl (C=O) groups excluding carboxylic acids is 1. The Morgan fingerprint density at radius 1 is 0.970 bits per heavy atom. The SMILES string of the molecule is COc1ncccc1-c1ccc(O)c(-c2nc3ccc(C(=O)Nc4ccccc4)cc3[nH]2)c1. The molecule has 0 aliphatic carbocycles. The third-order valence-electron chi connectivity index (χ3n) is 5.30. The minimum absolute atomic E-state index is 0.0858. The molecule has 5 rings (SSSR count). The van der Waals surface area contributed by atoms with Crippen LogP contribution < -0.4 is 10.1 Å². The van der Waals surface area contributed by atoms with Crippen molar-refractivity contribution in [2.24, 2.45) is 0 Å². The van der Waals surface area contributed by atoms with E-state index in [-0.39, 0.29) is 11.7 Å². The van der Waals surface area contributed by atoms with Gasteiger partial charge in [0.25, 0.3) is 5.91 Å². The molecule has 0 saturated carbocycles. The number of rotatable bonds is 5. The van der Waals surface area contributed by atoms with Crippen LogP contribution >= 0.6 is 0 Å². The third-order valence-corrected chi connectivity index (χ3v) is 5.30. The molecule has 0 radical (unpaired) electrons. The number of hydrogen-bond acceptors (Lipinski definition) is 5. The molecule has 7 heteroatoms. The number of phenolic OH excluding ortho intramolecular Hbond substituents is 1. The molecule has 5 aromatic rings. The first-order chi connectivity index (χ1) is 16.1. The number of amides is 1. The number of nitrogens with one attached hydrogen (secondary N) is 2. The molecule has 33 heavy (non-hydrogen) atoms. The van der Waals surface area contributed by atoms with Gasteiger partial charge in [0.1, 0.15) is 11.6 Å². The van der Waals surface area contributed by atoms with E-state index < -0.39 is 0 Å². The second-order valence-corrected chi connectivity index (χ2v) is 7.43. The highest BCUT2D eigenvalue weighted by Crippen LogP contribution is 2.35. The third kappa shape index (κ3) is 3.99. The van der Waals surface area contributed by atoms with Crippen molar-refractivity contribution in [1.82, 2.24) is 15.0 Å². The number of aromatic hydroxyl groups is 1. The van der Waals surface area contributed by atoms with E-state index in [9.17, 15) is 9.90 Å². The zero-order chi connectivity index (χ0) is 22.8. The van der Waals surface area contributed by atoms with E-state index >= 15 is 0 Å². The second-order valence-electron chi connectivity index (χ2n) is 7.43. The van der Waals surface area contributed by atoms with Crippen molar-refractivity contribution < 1.29 is 14.6 Å². The zero-order valence-electron chi connectivity index (χ0n) is 17.7. The number of aromatic amines is 1. The number of phenols is 1. The Bertz CT molecular complexity index is 1460. The summed E-state index contributed by atoms with van der Waals surface area (Å²) < 4.78 is 5.37. The van der Waals surface area contributed by atoms with Gasteiger partial charge in [-0.3, -0.25) is 4.79 Å². The van der Waals surface area contributed by atoms with E-state index in [1.54, 1.807) is 43.6 Å². The average Bonchev–Trinajstić information content (AvgIpc) is 3.28. The van der Waals surface area contributed by atoms with Gasteiger partial charge in [-0.2, -0.15) is 0 Å². The molecule has 0 fully saturated rings. The maximum Gasteiger partial charge on any atom is 0.255 e. The van der Waals surface area contributed by atoms with Crippen molar-refractivity contribution in [3.8, 4) is 34.1 Å². The topological polar surface area (TPSA) is 100 Å². The molecule has 2 heterocycles. The molecule has 0 unspecified atom stereocenters. The van der Waals surface area contributed by atoms with Gasteiger partial charge in [-0.05, 0) is 60.2 Å². The standard InChI is InChI=1S/C26H20N4O3/c1-33-26-19(8-5-13-27-26)16-10-12-23(31)20(14-16)24-29-21-11-9-17(15-22(21)30-24)25(32)28-18-6-3-2-4-7-18/h2-15,31H,1H3,(H,28,32)(H,29,30). The molecule has 0 bridgehead atoms. The summed E-state index contributed by atoms with van der Waals surface area (Å²) in [5.74, 6) is 0.858. The van der Waals surface area contributed by atoms with Crippen molar-refractivity contribution in [3.63, 3.8) is 0 Å². The summed E-state index contributed by atoms with van der Waals surface area (Å²) in [6.45, 7) is 0. The predicted octanol–water partition coefficient (Wildman–Crippen LogP) is 5.26. The van der Waals surface area contributed by atoms with Crippen molar-refractivity contribution in [3.05, 3.63) is 90.6 Å². The Hall–Kier alpha value is -4.65. The van der Waals surface area contributed by atoms with Crippen LogP contribution in [0.1, 0.15) is 10.4 Å². The lowest BCUT2D eigenvalue weighted by Crippen LogP contribution is -2.11. The minimum Gasteiger partial charge on any atom is -0.507 e. The van der Waals surface area contributed by atoms with Gasteiger partial charge in [0, 0.05) is 23.0 Å². The highest BCUT2D eigenvalue weighted by Gasteiger charge is 2.15. The first-order valence-electron chi connectivity index (χ1n) is 10.3. The fourth-order valence-corrected chi connectivity index (χ4v) is 3.67. The molecular weight excluding hydrogens is 416 g/mol. The summed E-state index contributed by atoms with van der Waals surface area (Å²) in [6.07, 6.45) is 1.66. The summed E-state index contributed by atoms with van der Waals surface area (Å²) in [4.78, 5) is 24.7. The molecule has 3 aromatic carbocycles. The predicted molar refractivity (Wildman–Crippen MR) is 127 cm³/mol. The van der Waals surface area contributed by atoms with Crippen LogP contribution in [-0.2, 0) is 0 Å². The first-order valence-corrected chi connectivity index (χ1v) is 10.3. The number of anilines is 1. The first kappa shape index (κ1) is 20.3. The fraction of sp³-hybridized carbons (Fsp3) is 0.0385. The number of H-pyrrole nitrogens is 1. The number of nitrogens with zero attached hydrogens (tertiary/aromatic N) is 2. The molecule has 0 atom stereocenters. The molecule has 0 aliphatic heterocycles. The molecule has 0 aliphatic rings. The molecular formula is C26H20N4O3. The van der Waals surface area contributed by atoms with Crippen molar-refractivity contribution in [2.75, 3.05) is 12.4 Å². The molecule has 7 nitrogen and oxygen atoms in total. The Balaban J connectivity index is 1.50. The number of para-hydroxylation sites is 1. The smallest absolute Gasteiger partial charge is 0.255 e. The van der Waals surface area contributed by atoms with Crippen molar-refractivity contribution >= 4 is 22.6 Å². The van der Waals surface area contributed by atoms with Crippen LogP contribution in [0.2, 0.25) is 0 Å². The maximum absolute atomic E-state index is 12.6. The molecule has 0 spiro atoms. The van der Waals surface area contributed by atoms with Gasteiger partial charge >= 0.3 is 0 Å². The van der Waals surface area contributed by atoms with Crippen LogP contribution in [0.5, 0.6) is 11.6 Å². The number of benzene rings is 3. The normalized spacial score (nSPS) is 10.8. The van der Waals surface area contributed by atoms with Gasteiger partial charge in [0.2, 0.25) is 5.88 Å². The lowest BCUT2D eigenvalue weighted by atomic mass is 10.0. The lowest BCUT2D eigenvalue weighted by Gasteiger charge is -2.09. The lowest BCUT2D eigenvalue weighted by molar-refractivity contribution is 0.102. The summed E-state index contributed by atoms with van der Waals surface area (Å²) in [6, 6.07) is 23.5. The Kier molecular flexibility index (Phi) is 5.20. The minimum atomic E-state index is -0.215. The van der Waals surface area contributed by atoms with Crippen molar-refractivity contribution in [2.45, 2.75) is 0 Å². The fourth-order valence-electron chi connectivity index (χ4n) is 3.67. The number of ether oxygens (including phenoxy) is 1. The highest BCUT2D eigenvalue weighted by atomic mass is 16.5. The number of hydrogen-bond donors (Lipinski definition) is 3. The van der Waals surface area contributed by atoms with Crippen LogP contribution in [0.25, 0.3) is 33.5 Å². The van der Waals surface area contributed by atoms with E-state index in [1.807, 2.05) is 48.5 Å².